The SMILES string of the molecule is Nc1nc(Nc2cc(Cl)c(Sc3ccncc3)c(Cl)c2)cc(-c2ccncc2)n1. The van der Waals surface area contributed by atoms with Gasteiger partial charge in [0.25, 0.3) is 0 Å². The Hall–Kier alpha value is -2.87. The number of anilines is 3. The first kappa shape index (κ1) is 19.4. The molecule has 0 saturated carbocycles. The Morgan fingerprint density at radius 1 is 0.828 bits per heavy atom. The molecule has 0 bridgehead atoms. The first-order valence-electron chi connectivity index (χ1n) is 8.47. The van der Waals surface area contributed by atoms with Crippen LogP contribution < -0.4 is 11.1 Å². The molecule has 144 valence electrons. The van der Waals surface area contributed by atoms with E-state index in [9.17, 15) is 0 Å². The minimum absolute atomic E-state index is 0.156. The molecule has 4 aromatic rings. The lowest BCUT2D eigenvalue weighted by molar-refractivity contribution is 1.18. The number of rotatable bonds is 5. The molecule has 4 rings (SSSR count). The van der Waals surface area contributed by atoms with E-state index < -0.39 is 0 Å². The van der Waals surface area contributed by atoms with E-state index in [0.717, 1.165) is 15.4 Å². The van der Waals surface area contributed by atoms with Crippen molar-refractivity contribution in [3.05, 3.63) is 77.3 Å². The molecular formula is C20H14Cl2N6S. The first-order valence-corrected chi connectivity index (χ1v) is 10.0. The van der Waals surface area contributed by atoms with Crippen molar-refractivity contribution in [3.8, 4) is 11.3 Å². The summed E-state index contributed by atoms with van der Waals surface area (Å²) in [5.41, 5.74) is 8.15. The Bertz CT molecular complexity index is 1120. The molecule has 0 saturated heterocycles. The molecule has 0 spiro atoms. The summed E-state index contributed by atoms with van der Waals surface area (Å²) in [6.45, 7) is 0. The zero-order valence-electron chi connectivity index (χ0n) is 14.9. The molecule has 0 aliphatic carbocycles. The van der Waals surface area contributed by atoms with E-state index in [-0.39, 0.29) is 5.95 Å². The number of nitrogens with two attached hydrogens (primary N) is 1. The van der Waals surface area contributed by atoms with Crippen molar-refractivity contribution in [3.63, 3.8) is 0 Å². The number of nitrogens with zero attached hydrogens (tertiary/aromatic N) is 4. The van der Waals surface area contributed by atoms with Crippen LogP contribution in [0.3, 0.4) is 0 Å². The molecule has 29 heavy (non-hydrogen) atoms. The molecule has 0 atom stereocenters. The van der Waals surface area contributed by atoms with Gasteiger partial charge < -0.3 is 11.1 Å². The molecule has 0 fully saturated rings. The van der Waals surface area contributed by atoms with Crippen LogP contribution in [-0.2, 0) is 0 Å². The molecule has 0 aliphatic rings. The molecule has 0 radical (unpaired) electrons. The maximum absolute atomic E-state index is 6.48. The predicted octanol–water partition coefficient (Wildman–Crippen LogP) is 5.72. The van der Waals surface area contributed by atoms with Crippen molar-refractivity contribution >= 4 is 52.4 Å². The second-order valence-corrected chi connectivity index (χ2v) is 7.81. The van der Waals surface area contributed by atoms with E-state index in [0.29, 0.717) is 27.2 Å². The lowest BCUT2D eigenvalue weighted by Gasteiger charge is -2.12. The minimum Gasteiger partial charge on any atom is -0.368 e. The van der Waals surface area contributed by atoms with Gasteiger partial charge in [0.1, 0.15) is 5.82 Å². The zero-order chi connectivity index (χ0) is 20.2. The van der Waals surface area contributed by atoms with Crippen LogP contribution in [0.1, 0.15) is 0 Å². The number of hydrogen-bond donors (Lipinski definition) is 2. The second-order valence-electron chi connectivity index (χ2n) is 5.91. The number of nitrogens with one attached hydrogen (secondary N) is 1. The molecule has 3 heterocycles. The summed E-state index contributed by atoms with van der Waals surface area (Å²) in [7, 11) is 0. The smallest absolute Gasteiger partial charge is 0.222 e. The summed E-state index contributed by atoms with van der Waals surface area (Å²) in [6, 6.07) is 12.9. The summed E-state index contributed by atoms with van der Waals surface area (Å²) >= 11 is 14.4. The number of pyridine rings is 2. The number of benzene rings is 1. The van der Waals surface area contributed by atoms with Gasteiger partial charge in [-0.2, -0.15) is 4.98 Å². The number of hydrogen-bond acceptors (Lipinski definition) is 7. The van der Waals surface area contributed by atoms with Crippen LogP contribution >= 0.6 is 35.0 Å². The van der Waals surface area contributed by atoms with Crippen molar-refractivity contribution in [1.29, 1.82) is 0 Å². The third-order valence-electron chi connectivity index (χ3n) is 3.86. The van der Waals surface area contributed by atoms with Gasteiger partial charge in [-0.3, -0.25) is 9.97 Å². The van der Waals surface area contributed by atoms with Crippen LogP contribution in [0.15, 0.2) is 77.0 Å². The molecule has 3 N–H and O–H groups in total. The Balaban J connectivity index is 1.61. The molecule has 1 aromatic carbocycles. The van der Waals surface area contributed by atoms with Crippen molar-refractivity contribution in [2.24, 2.45) is 0 Å². The van der Waals surface area contributed by atoms with Gasteiger partial charge in [0.05, 0.1) is 15.7 Å². The topological polar surface area (TPSA) is 89.6 Å². The van der Waals surface area contributed by atoms with Gasteiger partial charge in [-0.1, -0.05) is 35.0 Å². The van der Waals surface area contributed by atoms with Crippen LogP contribution in [0.25, 0.3) is 11.3 Å². The fraction of sp³-hybridized carbons (Fsp3) is 0. The average molecular weight is 441 g/mol. The van der Waals surface area contributed by atoms with E-state index in [2.05, 4.69) is 25.3 Å². The number of nitrogen functional groups attached to an aromatic ring is 1. The minimum atomic E-state index is 0.156. The maximum atomic E-state index is 6.48. The van der Waals surface area contributed by atoms with Crippen LogP contribution in [0.2, 0.25) is 10.0 Å². The van der Waals surface area contributed by atoms with Crippen LogP contribution in [0, 0.1) is 0 Å². The summed E-state index contributed by atoms with van der Waals surface area (Å²) in [5.74, 6) is 0.690. The highest BCUT2D eigenvalue weighted by atomic mass is 35.5. The van der Waals surface area contributed by atoms with E-state index >= 15 is 0 Å². The van der Waals surface area contributed by atoms with E-state index in [1.165, 1.54) is 11.8 Å². The molecule has 6 nitrogen and oxygen atoms in total. The lowest BCUT2D eigenvalue weighted by atomic mass is 10.2. The summed E-state index contributed by atoms with van der Waals surface area (Å²) in [5, 5.41) is 4.24. The highest BCUT2D eigenvalue weighted by molar-refractivity contribution is 7.99. The average Bonchev–Trinajstić information content (AvgIpc) is 2.72. The van der Waals surface area contributed by atoms with Crippen LogP contribution in [0.4, 0.5) is 17.5 Å². The quantitative estimate of drug-likeness (QED) is 0.410. The van der Waals surface area contributed by atoms with Gasteiger partial charge in [-0.05, 0) is 36.4 Å². The molecule has 9 heteroatoms. The Kier molecular flexibility index (Phi) is 5.80. The standard InChI is InChI=1S/C20H14Cl2N6S/c21-15-9-13(10-16(22)19(15)29-14-3-7-25-8-4-14)26-18-11-17(27-20(23)28-18)12-1-5-24-6-2-12/h1-11H,(H3,23,26,27,28). The lowest BCUT2D eigenvalue weighted by Crippen LogP contribution is -2.01. The Labute approximate surface area is 181 Å². The largest absolute Gasteiger partial charge is 0.368 e. The highest BCUT2D eigenvalue weighted by Crippen LogP contribution is 2.40. The van der Waals surface area contributed by atoms with Crippen LogP contribution in [-0.4, -0.2) is 19.9 Å². The third-order valence-corrected chi connectivity index (χ3v) is 5.83. The third kappa shape index (κ3) is 4.76. The number of halogens is 2. The van der Waals surface area contributed by atoms with E-state index in [1.54, 1.807) is 43.0 Å². The molecule has 3 aromatic heterocycles. The van der Waals surface area contributed by atoms with Gasteiger partial charge in [-0.25, -0.2) is 4.98 Å². The van der Waals surface area contributed by atoms with Gasteiger partial charge in [0, 0.05) is 51.9 Å². The maximum Gasteiger partial charge on any atom is 0.222 e. The van der Waals surface area contributed by atoms with Crippen molar-refractivity contribution in [2.45, 2.75) is 9.79 Å². The molecule has 0 amide bonds. The van der Waals surface area contributed by atoms with E-state index in [4.69, 9.17) is 28.9 Å². The first-order chi connectivity index (χ1) is 14.1. The van der Waals surface area contributed by atoms with Gasteiger partial charge in [0.15, 0.2) is 0 Å². The van der Waals surface area contributed by atoms with Gasteiger partial charge >= 0.3 is 0 Å². The molecular weight excluding hydrogens is 427 g/mol. The fourth-order valence-electron chi connectivity index (χ4n) is 2.60. The Morgan fingerprint density at radius 2 is 1.45 bits per heavy atom. The zero-order valence-corrected chi connectivity index (χ0v) is 17.2. The van der Waals surface area contributed by atoms with Gasteiger partial charge in [0.2, 0.25) is 5.95 Å². The summed E-state index contributed by atoms with van der Waals surface area (Å²) in [6.07, 6.45) is 6.83. The predicted molar refractivity (Wildman–Crippen MR) is 118 cm³/mol. The van der Waals surface area contributed by atoms with Gasteiger partial charge in [-0.15, -0.1) is 0 Å². The molecule has 0 unspecified atom stereocenters. The molecule has 0 aliphatic heterocycles. The highest BCUT2D eigenvalue weighted by Gasteiger charge is 2.12. The van der Waals surface area contributed by atoms with Crippen molar-refractivity contribution in [1.82, 2.24) is 19.9 Å². The fourth-order valence-corrected chi connectivity index (χ4v) is 4.13. The Morgan fingerprint density at radius 3 is 2.10 bits per heavy atom. The normalized spacial score (nSPS) is 10.7. The summed E-state index contributed by atoms with van der Waals surface area (Å²) < 4.78 is 0. The monoisotopic (exact) mass is 440 g/mol. The second kappa shape index (κ2) is 8.65. The van der Waals surface area contributed by atoms with Crippen LogP contribution in [0.5, 0.6) is 0 Å². The number of aromatic nitrogens is 4. The van der Waals surface area contributed by atoms with Crippen molar-refractivity contribution < 1.29 is 0 Å². The van der Waals surface area contributed by atoms with Crippen molar-refractivity contribution in [2.75, 3.05) is 11.1 Å². The van der Waals surface area contributed by atoms with E-state index in [1.807, 2.05) is 24.3 Å². The summed E-state index contributed by atoms with van der Waals surface area (Å²) in [4.78, 5) is 18.3.